The number of ketones is 1. The van der Waals surface area contributed by atoms with Gasteiger partial charge in [-0.2, -0.15) is 0 Å². The van der Waals surface area contributed by atoms with Crippen LogP contribution in [0.3, 0.4) is 0 Å². The SMILES string of the molecule is COc1cc(F)ccc1C(Br)C(=O)c1c[nH]c2c(C)cc(OC(F)(F)F)cc12. The Kier molecular flexibility index (Phi) is 5.38. The third kappa shape index (κ3) is 3.99. The first-order valence-corrected chi connectivity index (χ1v) is 8.91. The van der Waals surface area contributed by atoms with Gasteiger partial charge in [0.15, 0.2) is 5.78 Å². The van der Waals surface area contributed by atoms with E-state index in [0.717, 1.165) is 12.1 Å². The Bertz CT molecular complexity index is 1050. The summed E-state index contributed by atoms with van der Waals surface area (Å²) in [6.07, 6.45) is -3.43. The number of H-pyrrole nitrogens is 1. The molecule has 1 heterocycles. The van der Waals surface area contributed by atoms with E-state index in [-0.39, 0.29) is 16.7 Å². The van der Waals surface area contributed by atoms with Gasteiger partial charge in [-0.05, 0) is 30.7 Å². The number of rotatable bonds is 5. The second kappa shape index (κ2) is 7.46. The maximum absolute atomic E-state index is 13.4. The molecule has 0 spiro atoms. The molecule has 0 bridgehead atoms. The van der Waals surface area contributed by atoms with Gasteiger partial charge in [0.1, 0.15) is 22.1 Å². The molecule has 1 aromatic heterocycles. The molecule has 1 N–H and O–H groups in total. The van der Waals surface area contributed by atoms with Crippen molar-refractivity contribution in [3.05, 3.63) is 59.0 Å². The maximum Gasteiger partial charge on any atom is 0.573 e. The molecule has 0 aliphatic rings. The number of fused-ring (bicyclic) bond motifs is 1. The second-order valence-electron chi connectivity index (χ2n) is 6.03. The quantitative estimate of drug-likeness (QED) is 0.296. The lowest BCUT2D eigenvalue weighted by atomic mass is 10.0. The van der Waals surface area contributed by atoms with E-state index in [9.17, 15) is 22.4 Å². The third-order valence-electron chi connectivity index (χ3n) is 4.16. The molecule has 3 aromatic rings. The molecule has 3 rings (SSSR count). The van der Waals surface area contributed by atoms with Gasteiger partial charge in [-0.3, -0.25) is 4.79 Å². The summed E-state index contributed by atoms with van der Waals surface area (Å²) in [4.78, 5) is 15.0. The van der Waals surface area contributed by atoms with Crippen LogP contribution < -0.4 is 9.47 Å². The van der Waals surface area contributed by atoms with E-state index >= 15 is 0 Å². The van der Waals surface area contributed by atoms with E-state index in [2.05, 4.69) is 25.7 Å². The molecule has 0 aliphatic heterocycles. The Morgan fingerprint density at radius 2 is 1.93 bits per heavy atom. The zero-order chi connectivity index (χ0) is 20.6. The van der Waals surface area contributed by atoms with Crippen molar-refractivity contribution < 1.29 is 31.8 Å². The topological polar surface area (TPSA) is 51.3 Å². The fourth-order valence-corrected chi connectivity index (χ4v) is 3.57. The van der Waals surface area contributed by atoms with Crippen LogP contribution in [0.2, 0.25) is 0 Å². The molecule has 1 atom stereocenters. The Balaban J connectivity index is 2.04. The van der Waals surface area contributed by atoms with Crippen molar-refractivity contribution in [3.8, 4) is 11.5 Å². The molecule has 28 heavy (non-hydrogen) atoms. The number of carbonyl (C=O) groups excluding carboxylic acids is 1. The highest BCUT2D eigenvalue weighted by Crippen LogP contribution is 2.37. The minimum absolute atomic E-state index is 0.166. The van der Waals surface area contributed by atoms with Gasteiger partial charge in [-0.1, -0.05) is 22.0 Å². The molecular formula is C19H14BrF4NO3. The summed E-state index contributed by atoms with van der Waals surface area (Å²) in [6, 6.07) is 6.12. The molecule has 2 aromatic carbocycles. The van der Waals surface area contributed by atoms with Crippen LogP contribution in [-0.2, 0) is 0 Å². The molecule has 0 saturated heterocycles. The molecule has 148 valence electrons. The first kappa shape index (κ1) is 20.2. The van der Waals surface area contributed by atoms with E-state index in [0.29, 0.717) is 16.6 Å². The molecule has 0 radical (unpaired) electrons. The zero-order valence-electron chi connectivity index (χ0n) is 14.7. The number of aryl methyl sites for hydroxylation is 1. The second-order valence-corrected chi connectivity index (χ2v) is 6.94. The van der Waals surface area contributed by atoms with Crippen LogP contribution in [0.5, 0.6) is 11.5 Å². The summed E-state index contributed by atoms with van der Waals surface area (Å²) >= 11 is 3.28. The number of hydrogen-bond acceptors (Lipinski definition) is 3. The van der Waals surface area contributed by atoms with Crippen LogP contribution in [0.25, 0.3) is 10.9 Å². The molecule has 0 saturated carbocycles. The van der Waals surface area contributed by atoms with E-state index in [1.165, 1.54) is 31.5 Å². The summed E-state index contributed by atoms with van der Waals surface area (Å²) < 4.78 is 60.2. The van der Waals surface area contributed by atoms with Gasteiger partial charge in [-0.25, -0.2) is 4.39 Å². The van der Waals surface area contributed by atoms with Crippen LogP contribution in [0.15, 0.2) is 36.5 Å². The summed E-state index contributed by atoms with van der Waals surface area (Å²) in [5.74, 6) is -1.20. The highest BCUT2D eigenvalue weighted by molar-refractivity contribution is 9.09. The van der Waals surface area contributed by atoms with Gasteiger partial charge >= 0.3 is 6.36 Å². The standard InChI is InChI=1S/C19H14BrF4NO3/c1-9-5-11(28-19(22,23)24)7-13-14(8-25-17(9)13)18(26)16(20)12-4-3-10(21)6-15(12)27-2/h3-8,16,25H,1-2H3. The van der Waals surface area contributed by atoms with Crippen molar-refractivity contribution in [1.82, 2.24) is 4.98 Å². The largest absolute Gasteiger partial charge is 0.573 e. The van der Waals surface area contributed by atoms with Crippen molar-refractivity contribution >= 4 is 32.6 Å². The first-order valence-electron chi connectivity index (χ1n) is 8.00. The molecular weight excluding hydrogens is 446 g/mol. The monoisotopic (exact) mass is 459 g/mol. The predicted octanol–water partition coefficient (Wildman–Crippen LogP) is 5.84. The van der Waals surface area contributed by atoms with Gasteiger partial charge in [0, 0.05) is 34.3 Å². The number of aromatic nitrogens is 1. The van der Waals surface area contributed by atoms with Gasteiger partial charge in [0.2, 0.25) is 0 Å². The number of halogens is 5. The lowest BCUT2D eigenvalue weighted by Gasteiger charge is -2.14. The molecule has 0 aliphatic carbocycles. The summed E-state index contributed by atoms with van der Waals surface area (Å²) in [5.41, 5.74) is 1.56. The lowest BCUT2D eigenvalue weighted by molar-refractivity contribution is -0.274. The summed E-state index contributed by atoms with van der Waals surface area (Å²) in [6.45, 7) is 1.60. The first-order chi connectivity index (χ1) is 13.1. The number of ether oxygens (including phenoxy) is 2. The van der Waals surface area contributed by atoms with Crippen LogP contribution in [0.1, 0.15) is 26.3 Å². The number of alkyl halides is 4. The molecule has 0 amide bonds. The lowest BCUT2D eigenvalue weighted by Crippen LogP contribution is -2.17. The maximum atomic E-state index is 13.4. The van der Waals surface area contributed by atoms with Crippen LogP contribution in [-0.4, -0.2) is 24.2 Å². The average Bonchev–Trinajstić information content (AvgIpc) is 3.03. The minimum Gasteiger partial charge on any atom is -0.496 e. The molecule has 0 fully saturated rings. The van der Waals surface area contributed by atoms with Crippen molar-refractivity contribution in [2.75, 3.05) is 7.11 Å². The normalized spacial score (nSPS) is 12.8. The molecule has 9 heteroatoms. The summed E-state index contributed by atoms with van der Waals surface area (Å²) in [5, 5.41) is 0.287. The number of benzene rings is 2. The number of aromatic amines is 1. The van der Waals surface area contributed by atoms with Crippen LogP contribution in [0.4, 0.5) is 17.6 Å². The summed E-state index contributed by atoms with van der Waals surface area (Å²) in [7, 11) is 1.35. The Morgan fingerprint density at radius 1 is 1.21 bits per heavy atom. The van der Waals surface area contributed by atoms with Crippen LogP contribution >= 0.6 is 15.9 Å². The zero-order valence-corrected chi connectivity index (χ0v) is 16.2. The highest BCUT2D eigenvalue weighted by atomic mass is 79.9. The number of carbonyl (C=O) groups is 1. The highest BCUT2D eigenvalue weighted by Gasteiger charge is 2.32. The number of hydrogen-bond donors (Lipinski definition) is 1. The van der Waals surface area contributed by atoms with Gasteiger partial charge in [0.25, 0.3) is 0 Å². The Labute approximate surface area is 165 Å². The average molecular weight is 460 g/mol. The van der Waals surface area contributed by atoms with Gasteiger partial charge < -0.3 is 14.5 Å². The predicted molar refractivity (Wildman–Crippen MR) is 98.7 cm³/mol. The molecule has 1 unspecified atom stereocenters. The Hall–Kier alpha value is -2.55. The fraction of sp³-hybridized carbons (Fsp3) is 0.211. The van der Waals surface area contributed by atoms with E-state index in [4.69, 9.17) is 4.74 Å². The van der Waals surface area contributed by atoms with Crippen molar-refractivity contribution in [2.24, 2.45) is 0 Å². The van der Waals surface area contributed by atoms with Crippen molar-refractivity contribution in [3.63, 3.8) is 0 Å². The van der Waals surface area contributed by atoms with E-state index in [1.54, 1.807) is 6.92 Å². The number of nitrogens with one attached hydrogen (secondary N) is 1. The molecule has 4 nitrogen and oxygen atoms in total. The number of methoxy groups -OCH3 is 1. The van der Waals surface area contributed by atoms with Gasteiger partial charge in [0.05, 0.1) is 7.11 Å². The van der Waals surface area contributed by atoms with E-state index < -0.39 is 28.5 Å². The smallest absolute Gasteiger partial charge is 0.496 e. The van der Waals surface area contributed by atoms with Gasteiger partial charge in [-0.15, -0.1) is 13.2 Å². The Morgan fingerprint density at radius 3 is 2.57 bits per heavy atom. The van der Waals surface area contributed by atoms with Crippen LogP contribution in [0, 0.1) is 12.7 Å². The van der Waals surface area contributed by atoms with Crippen molar-refractivity contribution in [2.45, 2.75) is 18.1 Å². The third-order valence-corrected chi connectivity index (χ3v) is 5.07. The van der Waals surface area contributed by atoms with E-state index in [1.807, 2.05) is 0 Å². The number of Topliss-reactive ketones (excluding diaryl/α,β-unsaturated/α-hetero) is 1. The fourth-order valence-electron chi connectivity index (χ4n) is 2.95. The van der Waals surface area contributed by atoms with Crippen molar-refractivity contribution in [1.29, 1.82) is 0 Å². The minimum atomic E-state index is -4.85.